The van der Waals surface area contributed by atoms with Gasteiger partial charge in [-0.3, -0.25) is 4.98 Å². The fraction of sp³-hybridized carbons (Fsp3) is 0. The van der Waals surface area contributed by atoms with Gasteiger partial charge in [-0.05, 0) is 15.9 Å². The lowest BCUT2D eigenvalue weighted by atomic mass is 10.7. The van der Waals surface area contributed by atoms with Crippen molar-refractivity contribution in [1.82, 2.24) is 19.6 Å². The monoisotopic (exact) mass is 198 g/mol. The van der Waals surface area contributed by atoms with Gasteiger partial charge in [0, 0.05) is 0 Å². The van der Waals surface area contributed by atoms with E-state index in [1.807, 2.05) is 0 Å². The third-order valence-corrected chi connectivity index (χ3v) is 1.69. The molecule has 0 atom stereocenters. The standard InChI is InChI=1S/C5H3BrN4/c6-4-1-7-2-5-8-3-9-10(4)5/h1-3H. The molecule has 0 aromatic carbocycles. The van der Waals surface area contributed by atoms with Crippen molar-refractivity contribution in [2.75, 3.05) is 0 Å². The Labute approximate surface area is 65.0 Å². The average molecular weight is 199 g/mol. The molecule has 0 aliphatic carbocycles. The first-order chi connectivity index (χ1) is 4.88. The maximum Gasteiger partial charge on any atom is 0.174 e. The molecule has 50 valence electrons. The highest BCUT2D eigenvalue weighted by Crippen LogP contribution is 2.06. The van der Waals surface area contributed by atoms with E-state index < -0.39 is 0 Å². The van der Waals surface area contributed by atoms with Crippen molar-refractivity contribution in [3.8, 4) is 0 Å². The molecule has 2 rings (SSSR count). The zero-order valence-electron chi connectivity index (χ0n) is 4.90. The number of rotatable bonds is 0. The van der Waals surface area contributed by atoms with Crippen molar-refractivity contribution in [1.29, 1.82) is 0 Å². The van der Waals surface area contributed by atoms with Crippen molar-refractivity contribution < 1.29 is 0 Å². The smallest absolute Gasteiger partial charge is 0.174 e. The molecule has 0 N–H and O–H groups in total. The fourth-order valence-corrected chi connectivity index (χ4v) is 1.11. The van der Waals surface area contributed by atoms with Crippen LogP contribution in [0, 0.1) is 0 Å². The van der Waals surface area contributed by atoms with E-state index in [-0.39, 0.29) is 0 Å². The van der Waals surface area contributed by atoms with Crippen LogP contribution in [0.25, 0.3) is 5.65 Å². The summed E-state index contributed by atoms with van der Waals surface area (Å²) in [5.41, 5.74) is 0.745. The maximum atomic E-state index is 3.94. The number of aromatic nitrogens is 4. The predicted octanol–water partition coefficient (Wildman–Crippen LogP) is 0.887. The van der Waals surface area contributed by atoms with Crippen molar-refractivity contribution in [2.45, 2.75) is 0 Å². The van der Waals surface area contributed by atoms with Crippen LogP contribution in [-0.4, -0.2) is 19.6 Å². The molecule has 0 aliphatic heterocycles. The lowest BCUT2D eigenvalue weighted by Crippen LogP contribution is -1.89. The SMILES string of the molecule is Brc1cncc2ncnn12. The Balaban J connectivity index is 2.95. The molecule has 2 aromatic rings. The molecule has 0 fully saturated rings. The van der Waals surface area contributed by atoms with Crippen LogP contribution in [0.3, 0.4) is 0 Å². The first-order valence-electron chi connectivity index (χ1n) is 2.67. The molecular formula is C5H3BrN4. The van der Waals surface area contributed by atoms with E-state index in [4.69, 9.17) is 0 Å². The van der Waals surface area contributed by atoms with Gasteiger partial charge in [0.15, 0.2) is 5.65 Å². The van der Waals surface area contributed by atoms with Crippen LogP contribution in [0.1, 0.15) is 0 Å². The van der Waals surface area contributed by atoms with E-state index in [2.05, 4.69) is 31.0 Å². The first kappa shape index (κ1) is 5.79. The second-order valence-electron chi connectivity index (χ2n) is 1.76. The minimum atomic E-state index is 0.745. The largest absolute Gasteiger partial charge is 0.258 e. The van der Waals surface area contributed by atoms with Gasteiger partial charge >= 0.3 is 0 Å². The van der Waals surface area contributed by atoms with Crippen molar-refractivity contribution in [2.24, 2.45) is 0 Å². The molecule has 0 saturated carbocycles. The first-order valence-corrected chi connectivity index (χ1v) is 3.46. The molecule has 4 nitrogen and oxygen atoms in total. The highest BCUT2D eigenvalue weighted by atomic mass is 79.9. The maximum absolute atomic E-state index is 3.94. The highest BCUT2D eigenvalue weighted by Gasteiger charge is 1.96. The quantitative estimate of drug-likeness (QED) is 0.632. The van der Waals surface area contributed by atoms with Gasteiger partial charge in [-0.25, -0.2) is 9.50 Å². The van der Waals surface area contributed by atoms with Gasteiger partial charge in [-0.15, -0.1) is 0 Å². The van der Waals surface area contributed by atoms with Crippen LogP contribution < -0.4 is 0 Å². The molecule has 0 bridgehead atoms. The molecule has 0 aliphatic rings. The topological polar surface area (TPSA) is 43.1 Å². The third kappa shape index (κ3) is 0.706. The Morgan fingerprint density at radius 2 is 2.30 bits per heavy atom. The van der Waals surface area contributed by atoms with Crippen LogP contribution in [0.2, 0.25) is 0 Å². The van der Waals surface area contributed by atoms with Gasteiger partial charge in [0.2, 0.25) is 0 Å². The zero-order chi connectivity index (χ0) is 6.97. The zero-order valence-corrected chi connectivity index (χ0v) is 6.48. The molecule has 0 radical (unpaired) electrons. The normalized spacial score (nSPS) is 10.5. The molecule has 0 spiro atoms. The summed E-state index contributed by atoms with van der Waals surface area (Å²) in [4.78, 5) is 7.85. The molecule has 0 amide bonds. The molecule has 5 heteroatoms. The van der Waals surface area contributed by atoms with Crippen LogP contribution in [0.4, 0.5) is 0 Å². The Kier molecular flexibility index (Phi) is 1.17. The van der Waals surface area contributed by atoms with Crippen molar-refractivity contribution >= 4 is 21.6 Å². The predicted molar refractivity (Wildman–Crippen MR) is 38.5 cm³/mol. The highest BCUT2D eigenvalue weighted by molar-refractivity contribution is 9.10. The van der Waals surface area contributed by atoms with Crippen LogP contribution in [0.15, 0.2) is 23.3 Å². The van der Waals surface area contributed by atoms with E-state index in [0.29, 0.717) is 0 Å². The summed E-state index contributed by atoms with van der Waals surface area (Å²) in [6.07, 6.45) is 4.81. The summed E-state index contributed by atoms with van der Waals surface area (Å²) in [6.45, 7) is 0. The summed E-state index contributed by atoms with van der Waals surface area (Å²) in [5, 5.41) is 3.94. The van der Waals surface area contributed by atoms with E-state index in [1.54, 1.807) is 16.9 Å². The lowest BCUT2D eigenvalue weighted by molar-refractivity contribution is 0.919. The van der Waals surface area contributed by atoms with Crippen LogP contribution in [0.5, 0.6) is 0 Å². The molecule has 0 saturated heterocycles. The molecule has 10 heavy (non-hydrogen) atoms. The van der Waals surface area contributed by atoms with Gasteiger partial charge in [-0.2, -0.15) is 5.10 Å². The number of fused-ring (bicyclic) bond motifs is 1. The summed E-state index contributed by atoms with van der Waals surface area (Å²) in [7, 11) is 0. The van der Waals surface area contributed by atoms with Gasteiger partial charge in [0.25, 0.3) is 0 Å². The minimum Gasteiger partial charge on any atom is -0.258 e. The minimum absolute atomic E-state index is 0.745. The Bertz CT molecular complexity index is 355. The number of halogens is 1. The molecular weight excluding hydrogens is 196 g/mol. The number of hydrogen-bond donors (Lipinski definition) is 0. The molecule has 2 aromatic heterocycles. The van der Waals surface area contributed by atoms with Gasteiger partial charge in [0.05, 0.1) is 12.4 Å². The average Bonchev–Trinajstić information content (AvgIpc) is 2.36. The van der Waals surface area contributed by atoms with E-state index >= 15 is 0 Å². The Morgan fingerprint density at radius 1 is 1.40 bits per heavy atom. The van der Waals surface area contributed by atoms with Crippen LogP contribution >= 0.6 is 15.9 Å². The Morgan fingerprint density at radius 3 is 3.10 bits per heavy atom. The lowest BCUT2D eigenvalue weighted by Gasteiger charge is -1.90. The van der Waals surface area contributed by atoms with Gasteiger partial charge in [-0.1, -0.05) is 0 Å². The summed E-state index contributed by atoms with van der Waals surface area (Å²) in [6, 6.07) is 0. The summed E-state index contributed by atoms with van der Waals surface area (Å²) >= 11 is 3.27. The molecule has 0 unspecified atom stereocenters. The second kappa shape index (κ2) is 2.02. The second-order valence-corrected chi connectivity index (χ2v) is 2.57. The van der Waals surface area contributed by atoms with Crippen molar-refractivity contribution in [3.05, 3.63) is 23.3 Å². The van der Waals surface area contributed by atoms with Gasteiger partial charge in [0.1, 0.15) is 10.9 Å². The van der Waals surface area contributed by atoms with Gasteiger partial charge < -0.3 is 0 Å². The van der Waals surface area contributed by atoms with E-state index in [9.17, 15) is 0 Å². The van der Waals surface area contributed by atoms with Crippen molar-refractivity contribution in [3.63, 3.8) is 0 Å². The fourth-order valence-electron chi connectivity index (χ4n) is 0.723. The Hall–Kier alpha value is -0.970. The van der Waals surface area contributed by atoms with Crippen LogP contribution in [-0.2, 0) is 0 Å². The summed E-state index contributed by atoms with van der Waals surface area (Å²) < 4.78 is 2.47. The third-order valence-electron chi connectivity index (χ3n) is 1.15. The van der Waals surface area contributed by atoms with E-state index in [0.717, 1.165) is 10.3 Å². The number of hydrogen-bond acceptors (Lipinski definition) is 3. The summed E-state index contributed by atoms with van der Waals surface area (Å²) in [5.74, 6) is 0. The molecule has 2 heterocycles. The van der Waals surface area contributed by atoms with E-state index in [1.165, 1.54) is 6.33 Å². The number of nitrogens with zero attached hydrogens (tertiary/aromatic N) is 4.